The molecule has 0 aliphatic rings. The van der Waals surface area contributed by atoms with E-state index >= 15 is 0 Å². The number of nitrogens with zero attached hydrogens (tertiary/aromatic N) is 1. The number of rotatable bonds is 10. The van der Waals surface area contributed by atoms with Gasteiger partial charge in [-0.25, -0.2) is 0 Å². The number of carbonyl (C=O) groups is 2. The summed E-state index contributed by atoms with van der Waals surface area (Å²) in [6, 6.07) is 7.60. The highest BCUT2D eigenvalue weighted by Gasteiger charge is 2.13. The Labute approximate surface area is 144 Å². The van der Waals surface area contributed by atoms with Crippen molar-refractivity contribution >= 4 is 11.6 Å². The standard InChI is InChI=1S/C20H27NO3/c1-14(2)16-8-9-18(17(11-16)12-21)19(22)7-5-6-10-24-13-20(23)15(3)4/h8-9,11,14-15H,5-7,10,13H2,1-4H3. The number of ketones is 2. The van der Waals surface area contributed by atoms with Gasteiger partial charge in [-0.15, -0.1) is 0 Å². The fourth-order valence-electron chi connectivity index (χ4n) is 2.22. The van der Waals surface area contributed by atoms with Crippen LogP contribution in [0.3, 0.4) is 0 Å². The Balaban J connectivity index is 2.43. The van der Waals surface area contributed by atoms with Gasteiger partial charge >= 0.3 is 0 Å². The van der Waals surface area contributed by atoms with E-state index in [4.69, 9.17) is 4.74 Å². The average Bonchev–Trinajstić information content (AvgIpc) is 2.56. The molecule has 1 rings (SSSR count). The third-order valence-electron chi connectivity index (χ3n) is 3.96. The molecule has 4 nitrogen and oxygen atoms in total. The van der Waals surface area contributed by atoms with Crippen LogP contribution in [0.5, 0.6) is 0 Å². The van der Waals surface area contributed by atoms with Crippen molar-refractivity contribution in [2.45, 2.75) is 52.9 Å². The highest BCUT2D eigenvalue weighted by Crippen LogP contribution is 2.20. The molecule has 0 bridgehead atoms. The molecule has 0 radical (unpaired) electrons. The highest BCUT2D eigenvalue weighted by molar-refractivity contribution is 5.98. The minimum atomic E-state index is -0.0138. The molecule has 0 aromatic heterocycles. The SMILES string of the molecule is CC(C)C(=O)COCCCCC(=O)c1ccc(C(C)C)cc1C#N. The monoisotopic (exact) mass is 329 g/mol. The van der Waals surface area contributed by atoms with E-state index < -0.39 is 0 Å². The summed E-state index contributed by atoms with van der Waals surface area (Å²) < 4.78 is 5.32. The Bertz CT molecular complexity index is 612. The van der Waals surface area contributed by atoms with Crippen molar-refractivity contribution < 1.29 is 14.3 Å². The van der Waals surface area contributed by atoms with Crippen molar-refractivity contribution in [3.8, 4) is 6.07 Å². The first kappa shape index (κ1) is 20.1. The van der Waals surface area contributed by atoms with Crippen molar-refractivity contribution in [3.05, 3.63) is 34.9 Å². The molecule has 0 saturated carbocycles. The first-order chi connectivity index (χ1) is 11.4. The first-order valence-electron chi connectivity index (χ1n) is 8.54. The number of hydrogen-bond acceptors (Lipinski definition) is 4. The fraction of sp³-hybridized carbons (Fsp3) is 0.550. The lowest BCUT2D eigenvalue weighted by Gasteiger charge is -2.09. The lowest BCUT2D eigenvalue weighted by molar-refractivity contribution is -0.126. The van der Waals surface area contributed by atoms with Gasteiger partial charge in [-0.05, 0) is 36.5 Å². The largest absolute Gasteiger partial charge is 0.374 e. The average molecular weight is 329 g/mol. The lowest BCUT2D eigenvalue weighted by atomic mass is 9.94. The van der Waals surface area contributed by atoms with Gasteiger partial charge < -0.3 is 4.74 Å². The molecule has 4 heteroatoms. The molecule has 0 heterocycles. The Morgan fingerprint density at radius 3 is 2.46 bits per heavy atom. The van der Waals surface area contributed by atoms with Crippen LogP contribution in [0.25, 0.3) is 0 Å². The van der Waals surface area contributed by atoms with E-state index in [1.165, 1.54) is 0 Å². The molecule has 0 aliphatic carbocycles. The van der Waals surface area contributed by atoms with Gasteiger partial charge in [0.15, 0.2) is 11.6 Å². The molecule has 24 heavy (non-hydrogen) atoms. The molecule has 0 aliphatic heterocycles. The number of hydrogen-bond donors (Lipinski definition) is 0. The summed E-state index contributed by atoms with van der Waals surface area (Å²) in [5, 5.41) is 9.26. The van der Waals surface area contributed by atoms with E-state index in [1.54, 1.807) is 12.1 Å². The van der Waals surface area contributed by atoms with Crippen LogP contribution < -0.4 is 0 Å². The van der Waals surface area contributed by atoms with Crippen LogP contribution >= 0.6 is 0 Å². The number of ether oxygens (including phenoxy) is 1. The molecular formula is C20H27NO3. The zero-order chi connectivity index (χ0) is 18.1. The fourth-order valence-corrected chi connectivity index (χ4v) is 2.22. The summed E-state index contributed by atoms with van der Waals surface area (Å²) in [5.74, 6) is 0.395. The molecule has 0 amide bonds. The molecule has 0 fully saturated rings. The maximum absolute atomic E-state index is 12.3. The molecule has 0 atom stereocenters. The topological polar surface area (TPSA) is 67.2 Å². The number of carbonyl (C=O) groups excluding carboxylic acids is 2. The summed E-state index contributed by atoms with van der Waals surface area (Å²) >= 11 is 0. The smallest absolute Gasteiger partial charge is 0.164 e. The van der Waals surface area contributed by atoms with Gasteiger partial charge in [0.25, 0.3) is 0 Å². The molecule has 0 spiro atoms. The van der Waals surface area contributed by atoms with Gasteiger partial charge in [0.1, 0.15) is 6.61 Å². The molecule has 0 N–H and O–H groups in total. The van der Waals surface area contributed by atoms with Crippen molar-refractivity contribution in [2.75, 3.05) is 13.2 Å². The maximum Gasteiger partial charge on any atom is 0.164 e. The Hall–Kier alpha value is -1.99. The first-order valence-corrected chi connectivity index (χ1v) is 8.54. The summed E-state index contributed by atoms with van der Waals surface area (Å²) in [6.07, 6.45) is 1.80. The van der Waals surface area contributed by atoms with E-state index in [0.717, 1.165) is 12.0 Å². The summed E-state index contributed by atoms with van der Waals surface area (Å²) in [6.45, 7) is 8.43. The zero-order valence-electron chi connectivity index (χ0n) is 15.1. The van der Waals surface area contributed by atoms with Crippen molar-refractivity contribution in [2.24, 2.45) is 5.92 Å². The highest BCUT2D eigenvalue weighted by atomic mass is 16.5. The van der Waals surface area contributed by atoms with Crippen molar-refractivity contribution in [1.82, 2.24) is 0 Å². The Morgan fingerprint density at radius 1 is 1.17 bits per heavy atom. The Morgan fingerprint density at radius 2 is 1.88 bits per heavy atom. The third kappa shape index (κ3) is 6.25. The van der Waals surface area contributed by atoms with Crippen LogP contribution in [-0.4, -0.2) is 24.8 Å². The van der Waals surface area contributed by atoms with Crippen LogP contribution in [0.1, 0.15) is 74.4 Å². The van der Waals surface area contributed by atoms with Crippen molar-refractivity contribution in [3.63, 3.8) is 0 Å². The molecule has 0 unspecified atom stereocenters. The van der Waals surface area contributed by atoms with Crippen LogP contribution in [0, 0.1) is 17.2 Å². The predicted molar refractivity (Wildman–Crippen MR) is 94.1 cm³/mol. The molecule has 0 saturated heterocycles. The van der Waals surface area contributed by atoms with Gasteiger partial charge in [-0.3, -0.25) is 9.59 Å². The second-order valence-electron chi connectivity index (χ2n) is 6.63. The van der Waals surface area contributed by atoms with E-state index in [-0.39, 0.29) is 24.1 Å². The van der Waals surface area contributed by atoms with Crippen LogP contribution in [0.2, 0.25) is 0 Å². The molecule has 1 aromatic carbocycles. The molecular weight excluding hydrogens is 302 g/mol. The van der Waals surface area contributed by atoms with Gasteiger partial charge in [-0.1, -0.05) is 33.8 Å². The summed E-state index contributed by atoms with van der Waals surface area (Å²) in [5.41, 5.74) is 2.01. The third-order valence-corrected chi connectivity index (χ3v) is 3.96. The lowest BCUT2D eigenvalue weighted by Crippen LogP contribution is -2.15. The quantitative estimate of drug-likeness (QED) is 0.475. The number of Topliss-reactive ketones (excluding diaryl/α,β-unsaturated/α-hetero) is 2. The maximum atomic E-state index is 12.3. The number of benzene rings is 1. The zero-order valence-corrected chi connectivity index (χ0v) is 15.1. The number of nitriles is 1. The van der Waals surface area contributed by atoms with E-state index in [0.29, 0.717) is 36.5 Å². The van der Waals surface area contributed by atoms with Crippen LogP contribution in [0.15, 0.2) is 18.2 Å². The molecule has 1 aromatic rings. The Kier molecular flexibility index (Phi) is 8.35. The van der Waals surface area contributed by atoms with Crippen molar-refractivity contribution in [1.29, 1.82) is 5.26 Å². The van der Waals surface area contributed by atoms with Gasteiger partial charge in [0.2, 0.25) is 0 Å². The minimum Gasteiger partial charge on any atom is -0.374 e. The second kappa shape index (κ2) is 10.00. The van der Waals surface area contributed by atoms with E-state index in [1.807, 2.05) is 19.9 Å². The van der Waals surface area contributed by atoms with Gasteiger partial charge in [0.05, 0.1) is 11.6 Å². The van der Waals surface area contributed by atoms with E-state index in [2.05, 4.69) is 19.9 Å². The van der Waals surface area contributed by atoms with Crippen LogP contribution in [0.4, 0.5) is 0 Å². The molecule has 130 valence electrons. The summed E-state index contributed by atoms with van der Waals surface area (Å²) in [7, 11) is 0. The second-order valence-corrected chi connectivity index (χ2v) is 6.63. The van der Waals surface area contributed by atoms with Gasteiger partial charge in [0, 0.05) is 24.5 Å². The number of unbranched alkanes of at least 4 members (excludes halogenated alkanes) is 1. The van der Waals surface area contributed by atoms with Crippen LogP contribution in [-0.2, 0) is 9.53 Å². The normalized spacial score (nSPS) is 10.9. The van der Waals surface area contributed by atoms with Gasteiger partial charge in [-0.2, -0.15) is 5.26 Å². The minimum absolute atomic E-state index is 0.00945. The predicted octanol–water partition coefficient (Wildman–Crippen LogP) is 4.28. The summed E-state index contributed by atoms with van der Waals surface area (Å²) in [4.78, 5) is 23.7. The van der Waals surface area contributed by atoms with E-state index in [9.17, 15) is 14.9 Å².